The average Bonchev–Trinajstić information content (AvgIpc) is 2.81. The second-order valence-corrected chi connectivity index (χ2v) is 6.27. The van der Waals surface area contributed by atoms with Crippen molar-refractivity contribution in [3.8, 4) is 0 Å². The third-order valence-electron chi connectivity index (χ3n) is 4.08. The second kappa shape index (κ2) is 7.58. The van der Waals surface area contributed by atoms with Gasteiger partial charge < -0.3 is 19.5 Å². The van der Waals surface area contributed by atoms with Gasteiger partial charge in [-0.1, -0.05) is 13.8 Å². The summed E-state index contributed by atoms with van der Waals surface area (Å²) in [5.74, 6) is 0.727. The van der Waals surface area contributed by atoms with Crippen molar-refractivity contribution >= 4 is 0 Å². The van der Waals surface area contributed by atoms with Crippen LogP contribution in [0.25, 0.3) is 0 Å². The lowest BCUT2D eigenvalue weighted by Gasteiger charge is -2.37. The van der Waals surface area contributed by atoms with Crippen LogP contribution in [0.5, 0.6) is 0 Å². The molecule has 4 nitrogen and oxygen atoms in total. The highest BCUT2D eigenvalue weighted by atomic mass is 16.6. The van der Waals surface area contributed by atoms with Gasteiger partial charge in [-0.05, 0) is 25.2 Å². The van der Waals surface area contributed by atoms with Gasteiger partial charge in [0.25, 0.3) is 0 Å². The molecule has 2 aliphatic rings. The summed E-state index contributed by atoms with van der Waals surface area (Å²) < 4.78 is 17.1. The Hall–Kier alpha value is -0.160. The summed E-state index contributed by atoms with van der Waals surface area (Å²) in [6.45, 7) is 9.58. The first-order valence-corrected chi connectivity index (χ1v) is 7.73. The molecule has 2 aliphatic heterocycles. The Bertz CT molecular complexity index is 252. The van der Waals surface area contributed by atoms with Gasteiger partial charge in [0.1, 0.15) is 0 Å². The Morgan fingerprint density at radius 2 is 2.21 bits per heavy atom. The number of rotatable bonds is 7. The van der Waals surface area contributed by atoms with Crippen molar-refractivity contribution in [3.05, 3.63) is 0 Å². The van der Waals surface area contributed by atoms with Crippen LogP contribution in [0, 0.1) is 5.92 Å². The number of hydrogen-bond acceptors (Lipinski definition) is 4. The Labute approximate surface area is 117 Å². The molecule has 2 heterocycles. The van der Waals surface area contributed by atoms with Crippen LogP contribution in [-0.4, -0.2) is 51.2 Å². The van der Waals surface area contributed by atoms with Crippen LogP contribution in [0.4, 0.5) is 0 Å². The van der Waals surface area contributed by atoms with Gasteiger partial charge in [-0.15, -0.1) is 0 Å². The highest BCUT2D eigenvalue weighted by Crippen LogP contribution is 2.32. The Morgan fingerprint density at radius 1 is 1.32 bits per heavy atom. The summed E-state index contributed by atoms with van der Waals surface area (Å²) in [4.78, 5) is 0. The molecule has 0 aromatic rings. The predicted octanol–water partition coefficient (Wildman–Crippen LogP) is 1.98. The van der Waals surface area contributed by atoms with Crippen molar-refractivity contribution in [2.24, 2.45) is 5.92 Å². The first-order valence-electron chi connectivity index (χ1n) is 7.73. The predicted molar refractivity (Wildman–Crippen MR) is 75.4 cm³/mol. The van der Waals surface area contributed by atoms with Crippen molar-refractivity contribution in [2.45, 2.75) is 51.2 Å². The summed E-state index contributed by atoms with van der Waals surface area (Å²) in [5.41, 5.74) is 0.00835. The molecule has 0 amide bonds. The topological polar surface area (TPSA) is 39.7 Å². The lowest BCUT2D eigenvalue weighted by Crippen LogP contribution is -2.48. The maximum atomic E-state index is 5.93. The number of nitrogens with one attached hydrogen (secondary N) is 1. The zero-order chi connectivity index (χ0) is 13.6. The molecule has 0 aromatic heterocycles. The largest absolute Gasteiger partial charge is 0.380 e. The summed E-state index contributed by atoms with van der Waals surface area (Å²) >= 11 is 0. The molecule has 0 bridgehead atoms. The van der Waals surface area contributed by atoms with Gasteiger partial charge in [-0.25, -0.2) is 0 Å². The van der Waals surface area contributed by atoms with Crippen LogP contribution < -0.4 is 5.32 Å². The Kier molecular flexibility index (Phi) is 6.07. The quantitative estimate of drug-likeness (QED) is 0.719. The molecule has 112 valence electrons. The van der Waals surface area contributed by atoms with Crippen molar-refractivity contribution in [3.63, 3.8) is 0 Å². The number of ether oxygens (including phenoxy) is 3. The molecule has 0 aromatic carbocycles. The van der Waals surface area contributed by atoms with E-state index in [2.05, 4.69) is 19.2 Å². The van der Waals surface area contributed by atoms with Crippen LogP contribution >= 0.6 is 0 Å². The van der Waals surface area contributed by atoms with Gasteiger partial charge in [0.2, 0.25) is 0 Å². The van der Waals surface area contributed by atoms with Crippen molar-refractivity contribution in [1.29, 1.82) is 0 Å². The van der Waals surface area contributed by atoms with E-state index in [-0.39, 0.29) is 5.60 Å². The van der Waals surface area contributed by atoms with Gasteiger partial charge in [-0.2, -0.15) is 0 Å². The minimum absolute atomic E-state index is 0.00835. The summed E-state index contributed by atoms with van der Waals surface area (Å²) in [5, 5.41) is 3.60. The molecule has 19 heavy (non-hydrogen) atoms. The first kappa shape index (κ1) is 15.2. The fourth-order valence-corrected chi connectivity index (χ4v) is 2.82. The van der Waals surface area contributed by atoms with E-state index in [1.54, 1.807) is 0 Å². The minimum atomic E-state index is 0.00835. The van der Waals surface area contributed by atoms with E-state index >= 15 is 0 Å². The zero-order valence-corrected chi connectivity index (χ0v) is 12.5. The van der Waals surface area contributed by atoms with Crippen LogP contribution in [0.1, 0.15) is 39.5 Å². The zero-order valence-electron chi connectivity index (χ0n) is 12.5. The van der Waals surface area contributed by atoms with Gasteiger partial charge in [0.05, 0.1) is 18.8 Å². The molecule has 0 aliphatic carbocycles. The van der Waals surface area contributed by atoms with Crippen molar-refractivity contribution in [1.82, 2.24) is 5.32 Å². The van der Waals surface area contributed by atoms with E-state index < -0.39 is 0 Å². The summed E-state index contributed by atoms with van der Waals surface area (Å²) in [6.07, 6.45) is 4.39. The van der Waals surface area contributed by atoms with Gasteiger partial charge >= 0.3 is 0 Å². The van der Waals surface area contributed by atoms with E-state index in [1.807, 2.05) is 0 Å². The fraction of sp³-hybridized carbons (Fsp3) is 1.00. The number of hydrogen-bond donors (Lipinski definition) is 1. The molecule has 2 fully saturated rings. The maximum Gasteiger partial charge on any atom is 0.0951 e. The molecule has 1 spiro atoms. The molecule has 0 radical (unpaired) electrons. The molecular formula is C15H29NO3. The van der Waals surface area contributed by atoms with E-state index in [9.17, 15) is 0 Å². The Morgan fingerprint density at radius 3 is 2.95 bits per heavy atom. The van der Waals surface area contributed by atoms with Gasteiger partial charge in [0.15, 0.2) is 0 Å². The molecule has 0 saturated carbocycles. The van der Waals surface area contributed by atoms with Gasteiger partial charge in [-0.3, -0.25) is 0 Å². The van der Waals surface area contributed by atoms with E-state index in [1.165, 1.54) is 0 Å². The van der Waals surface area contributed by atoms with E-state index in [0.717, 1.165) is 71.2 Å². The molecule has 2 unspecified atom stereocenters. The maximum absolute atomic E-state index is 5.93. The average molecular weight is 271 g/mol. The molecule has 2 saturated heterocycles. The highest BCUT2D eigenvalue weighted by molar-refractivity contribution is 4.92. The fourth-order valence-electron chi connectivity index (χ4n) is 2.82. The first-order chi connectivity index (χ1) is 9.20. The standard InChI is InChI=1S/C15H29NO3/c1-13(2)3-7-17-10-6-16-14-4-8-19-15(11-14)5-9-18-12-15/h13-14,16H,3-12H2,1-2H3. The normalized spacial score (nSPS) is 31.4. The Balaban J connectivity index is 1.56. The third kappa shape index (κ3) is 5.03. The van der Waals surface area contributed by atoms with Crippen molar-refractivity contribution in [2.75, 3.05) is 39.6 Å². The summed E-state index contributed by atoms with van der Waals surface area (Å²) in [6, 6.07) is 0.559. The summed E-state index contributed by atoms with van der Waals surface area (Å²) in [7, 11) is 0. The highest BCUT2D eigenvalue weighted by Gasteiger charge is 2.40. The van der Waals surface area contributed by atoms with Crippen LogP contribution in [0.3, 0.4) is 0 Å². The van der Waals surface area contributed by atoms with Crippen LogP contribution in [-0.2, 0) is 14.2 Å². The second-order valence-electron chi connectivity index (χ2n) is 6.27. The van der Waals surface area contributed by atoms with Crippen LogP contribution in [0.15, 0.2) is 0 Å². The molecular weight excluding hydrogens is 242 g/mol. The smallest absolute Gasteiger partial charge is 0.0951 e. The SMILES string of the molecule is CC(C)CCOCCNC1CCOC2(CCOC2)C1. The lowest BCUT2D eigenvalue weighted by molar-refractivity contribution is -0.0896. The van der Waals surface area contributed by atoms with E-state index in [4.69, 9.17) is 14.2 Å². The van der Waals surface area contributed by atoms with Crippen LogP contribution in [0.2, 0.25) is 0 Å². The lowest BCUT2D eigenvalue weighted by atomic mass is 9.90. The molecule has 2 atom stereocenters. The monoisotopic (exact) mass is 271 g/mol. The third-order valence-corrected chi connectivity index (χ3v) is 4.08. The molecule has 4 heteroatoms. The van der Waals surface area contributed by atoms with E-state index in [0.29, 0.717) is 6.04 Å². The van der Waals surface area contributed by atoms with Gasteiger partial charge in [0, 0.05) is 38.8 Å². The minimum Gasteiger partial charge on any atom is -0.380 e. The van der Waals surface area contributed by atoms with Crippen molar-refractivity contribution < 1.29 is 14.2 Å². The molecule has 2 rings (SSSR count). The molecule has 1 N–H and O–H groups in total.